The molecule has 18 heavy (non-hydrogen) atoms. The molecule has 0 unspecified atom stereocenters. The quantitative estimate of drug-likeness (QED) is 0.820. The lowest BCUT2D eigenvalue weighted by Gasteiger charge is -2.21. The van der Waals surface area contributed by atoms with Crippen LogP contribution in [0.1, 0.15) is 18.1 Å². The highest BCUT2D eigenvalue weighted by Crippen LogP contribution is 2.14. The molecule has 1 aromatic heterocycles. The molecule has 0 radical (unpaired) electrons. The number of benzene rings is 1. The Morgan fingerprint density at radius 2 is 1.94 bits per heavy atom. The van der Waals surface area contributed by atoms with Crippen molar-refractivity contribution in [3.8, 4) is 6.07 Å². The normalized spacial score (nSPS) is 9.78. The van der Waals surface area contributed by atoms with Gasteiger partial charge in [-0.25, -0.2) is 4.98 Å². The standard InChI is InChI=1S/C15H15N3/c1-2-18(12-13-6-4-3-5-7-13)15-9-8-14(10-16)11-17-15/h3-9,11H,2,12H2,1H3. The van der Waals surface area contributed by atoms with Crippen molar-refractivity contribution in [1.82, 2.24) is 4.98 Å². The van der Waals surface area contributed by atoms with E-state index in [1.807, 2.05) is 24.3 Å². The molecular weight excluding hydrogens is 222 g/mol. The van der Waals surface area contributed by atoms with Crippen LogP contribution in [0, 0.1) is 11.3 Å². The first-order valence-electron chi connectivity index (χ1n) is 5.98. The van der Waals surface area contributed by atoms with E-state index in [-0.39, 0.29) is 0 Å². The summed E-state index contributed by atoms with van der Waals surface area (Å²) in [5.41, 5.74) is 1.85. The van der Waals surface area contributed by atoms with Gasteiger partial charge < -0.3 is 4.90 Å². The minimum Gasteiger partial charge on any atom is -0.353 e. The van der Waals surface area contributed by atoms with E-state index in [9.17, 15) is 0 Å². The van der Waals surface area contributed by atoms with Gasteiger partial charge in [0, 0.05) is 19.3 Å². The Bertz CT molecular complexity index is 526. The second-order valence-corrected chi connectivity index (χ2v) is 4.02. The number of nitriles is 1. The van der Waals surface area contributed by atoms with Gasteiger partial charge in [-0.3, -0.25) is 0 Å². The van der Waals surface area contributed by atoms with E-state index in [1.54, 1.807) is 12.3 Å². The molecule has 0 saturated heterocycles. The molecule has 0 atom stereocenters. The number of anilines is 1. The average molecular weight is 237 g/mol. The van der Waals surface area contributed by atoms with Gasteiger partial charge in [-0.05, 0) is 24.6 Å². The summed E-state index contributed by atoms with van der Waals surface area (Å²) in [6.45, 7) is 3.81. The van der Waals surface area contributed by atoms with Crippen molar-refractivity contribution in [1.29, 1.82) is 5.26 Å². The second-order valence-electron chi connectivity index (χ2n) is 4.02. The van der Waals surface area contributed by atoms with Crippen molar-refractivity contribution in [2.24, 2.45) is 0 Å². The van der Waals surface area contributed by atoms with E-state index in [4.69, 9.17) is 5.26 Å². The van der Waals surface area contributed by atoms with Crippen LogP contribution in [0.4, 0.5) is 5.82 Å². The Labute approximate surface area is 107 Å². The van der Waals surface area contributed by atoms with Crippen molar-refractivity contribution in [3.05, 3.63) is 59.8 Å². The Kier molecular flexibility index (Phi) is 3.93. The van der Waals surface area contributed by atoms with Crippen molar-refractivity contribution >= 4 is 5.82 Å². The summed E-state index contributed by atoms with van der Waals surface area (Å²) in [5, 5.41) is 8.76. The zero-order valence-corrected chi connectivity index (χ0v) is 10.4. The molecule has 0 bridgehead atoms. The highest BCUT2D eigenvalue weighted by Gasteiger charge is 2.06. The minimum absolute atomic E-state index is 0.592. The largest absolute Gasteiger partial charge is 0.353 e. The zero-order chi connectivity index (χ0) is 12.8. The van der Waals surface area contributed by atoms with E-state index in [0.717, 1.165) is 18.9 Å². The van der Waals surface area contributed by atoms with Crippen LogP contribution in [0.5, 0.6) is 0 Å². The third-order valence-electron chi connectivity index (χ3n) is 2.80. The first-order chi connectivity index (χ1) is 8.83. The summed E-state index contributed by atoms with van der Waals surface area (Å²) < 4.78 is 0. The van der Waals surface area contributed by atoms with E-state index < -0.39 is 0 Å². The number of nitrogens with zero attached hydrogens (tertiary/aromatic N) is 3. The van der Waals surface area contributed by atoms with E-state index in [1.165, 1.54) is 5.56 Å². The van der Waals surface area contributed by atoms with Crippen molar-refractivity contribution in [3.63, 3.8) is 0 Å². The summed E-state index contributed by atoms with van der Waals surface area (Å²) in [5.74, 6) is 0.903. The van der Waals surface area contributed by atoms with Crippen LogP contribution in [-0.2, 0) is 6.54 Å². The smallest absolute Gasteiger partial charge is 0.128 e. The van der Waals surface area contributed by atoms with Gasteiger partial charge in [-0.2, -0.15) is 5.26 Å². The molecular formula is C15H15N3. The van der Waals surface area contributed by atoms with Crippen LogP contribution in [0.3, 0.4) is 0 Å². The molecule has 1 aromatic carbocycles. The maximum absolute atomic E-state index is 8.76. The van der Waals surface area contributed by atoms with Crippen molar-refractivity contribution < 1.29 is 0 Å². The van der Waals surface area contributed by atoms with Crippen molar-refractivity contribution in [2.45, 2.75) is 13.5 Å². The predicted molar refractivity (Wildman–Crippen MR) is 72.1 cm³/mol. The molecule has 0 aliphatic carbocycles. The molecule has 0 saturated carbocycles. The van der Waals surface area contributed by atoms with Gasteiger partial charge in [-0.15, -0.1) is 0 Å². The molecule has 0 aliphatic heterocycles. The molecule has 0 amide bonds. The maximum atomic E-state index is 8.76. The lowest BCUT2D eigenvalue weighted by Crippen LogP contribution is -2.22. The topological polar surface area (TPSA) is 39.9 Å². The molecule has 90 valence electrons. The Morgan fingerprint density at radius 3 is 2.50 bits per heavy atom. The summed E-state index contributed by atoms with van der Waals surface area (Å²) in [6.07, 6.45) is 1.61. The monoisotopic (exact) mass is 237 g/mol. The number of rotatable bonds is 4. The molecule has 2 aromatic rings. The van der Waals surface area contributed by atoms with Crippen LogP contribution in [0.2, 0.25) is 0 Å². The first-order valence-corrected chi connectivity index (χ1v) is 5.98. The molecule has 3 nitrogen and oxygen atoms in total. The summed E-state index contributed by atoms with van der Waals surface area (Å²) in [6, 6.07) is 16.1. The van der Waals surface area contributed by atoms with Gasteiger partial charge >= 0.3 is 0 Å². The van der Waals surface area contributed by atoms with Gasteiger partial charge in [0.2, 0.25) is 0 Å². The highest BCUT2D eigenvalue weighted by atomic mass is 15.2. The predicted octanol–water partition coefficient (Wildman–Crippen LogP) is 2.98. The van der Waals surface area contributed by atoms with Gasteiger partial charge in [-0.1, -0.05) is 30.3 Å². The van der Waals surface area contributed by atoms with Crippen LogP contribution in [0.15, 0.2) is 48.7 Å². The summed E-state index contributed by atoms with van der Waals surface area (Å²) >= 11 is 0. The lowest BCUT2D eigenvalue weighted by molar-refractivity contribution is 0.813. The summed E-state index contributed by atoms with van der Waals surface area (Å²) in [4.78, 5) is 6.50. The molecule has 3 heteroatoms. The Morgan fingerprint density at radius 1 is 1.17 bits per heavy atom. The Balaban J connectivity index is 2.15. The minimum atomic E-state index is 0.592. The number of aromatic nitrogens is 1. The molecule has 1 heterocycles. The number of hydrogen-bond acceptors (Lipinski definition) is 3. The fourth-order valence-corrected chi connectivity index (χ4v) is 1.80. The third-order valence-corrected chi connectivity index (χ3v) is 2.80. The van der Waals surface area contributed by atoms with E-state index in [2.05, 4.69) is 35.0 Å². The first kappa shape index (κ1) is 12.1. The van der Waals surface area contributed by atoms with Gasteiger partial charge in [0.25, 0.3) is 0 Å². The lowest BCUT2D eigenvalue weighted by atomic mass is 10.2. The molecule has 0 spiro atoms. The van der Waals surface area contributed by atoms with E-state index >= 15 is 0 Å². The molecule has 0 fully saturated rings. The average Bonchev–Trinajstić information content (AvgIpc) is 2.46. The second kappa shape index (κ2) is 5.83. The van der Waals surface area contributed by atoms with Gasteiger partial charge in [0.05, 0.1) is 5.56 Å². The molecule has 0 N–H and O–H groups in total. The van der Waals surface area contributed by atoms with Gasteiger partial charge in [0.15, 0.2) is 0 Å². The Hall–Kier alpha value is -2.34. The third kappa shape index (κ3) is 2.86. The fourth-order valence-electron chi connectivity index (χ4n) is 1.80. The number of pyridine rings is 1. The highest BCUT2D eigenvalue weighted by molar-refractivity contribution is 5.42. The van der Waals surface area contributed by atoms with Crippen LogP contribution < -0.4 is 4.90 Å². The SMILES string of the molecule is CCN(Cc1ccccc1)c1ccc(C#N)cn1. The van der Waals surface area contributed by atoms with Crippen LogP contribution >= 0.6 is 0 Å². The van der Waals surface area contributed by atoms with Gasteiger partial charge in [0.1, 0.15) is 11.9 Å². The zero-order valence-electron chi connectivity index (χ0n) is 10.4. The number of hydrogen-bond donors (Lipinski definition) is 0. The fraction of sp³-hybridized carbons (Fsp3) is 0.200. The molecule has 2 rings (SSSR count). The maximum Gasteiger partial charge on any atom is 0.128 e. The molecule has 0 aliphatic rings. The van der Waals surface area contributed by atoms with Crippen molar-refractivity contribution in [2.75, 3.05) is 11.4 Å². The van der Waals surface area contributed by atoms with Crippen LogP contribution in [0.25, 0.3) is 0 Å². The van der Waals surface area contributed by atoms with Crippen LogP contribution in [-0.4, -0.2) is 11.5 Å². The summed E-state index contributed by atoms with van der Waals surface area (Å²) in [7, 11) is 0. The van der Waals surface area contributed by atoms with E-state index in [0.29, 0.717) is 5.56 Å².